The summed E-state index contributed by atoms with van der Waals surface area (Å²) in [6, 6.07) is 9.30. The Hall–Kier alpha value is -2.02. The summed E-state index contributed by atoms with van der Waals surface area (Å²) in [5, 5.41) is 23.4. The number of nitrogens with one attached hydrogen (secondary N) is 1. The van der Waals surface area contributed by atoms with E-state index in [9.17, 15) is 15.0 Å². The molecule has 1 saturated heterocycles. The number of rotatable bonds is 4. The summed E-state index contributed by atoms with van der Waals surface area (Å²) in [7, 11) is 0. The Bertz CT molecular complexity index is 816. The molecule has 0 aliphatic carbocycles. The van der Waals surface area contributed by atoms with Crippen molar-refractivity contribution in [2.45, 2.75) is 38.8 Å². The Morgan fingerprint density at radius 1 is 1.31 bits per heavy atom. The molecular formula is C20H28N3O3+. The van der Waals surface area contributed by atoms with E-state index in [-0.39, 0.29) is 12.1 Å². The lowest BCUT2D eigenvalue weighted by Crippen LogP contribution is -2.75. The SMILES string of the molecule is CC(C)(C)[N+]1(c2ccc3c(CCO)cccc3n2)CCNCC1C(=O)O. The number of carbonyl (C=O) groups is 1. The lowest BCUT2D eigenvalue weighted by Gasteiger charge is -2.52. The summed E-state index contributed by atoms with van der Waals surface area (Å²) in [6.45, 7) is 8.21. The Morgan fingerprint density at radius 3 is 2.73 bits per heavy atom. The summed E-state index contributed by atoms with van der Waals surface area (Å²) in [5.74, 6) is -0.0110. The van der Waals surface area contributed by atoms with Crippen molar-refractivity contribution in [2.24, 2.45) is 0 Å². The van der Waals surface area contributed by atoms with Crippen LogP contribution in [0.4, 0.5) is 5.82 Å². The predicted octanol–water partition coefficient (Wildman–Crippen LogP) is 1.93. The van der Waals surface area contributed by atoms with Crippen molar-refractivity contribution in [3.63, 3.8) is 0 Å². The van der Waals surface area contributed by atoms with Crippen molar-refractivity contribution < 1.29 is 15.0 Å². The second-order valence-corrected chi connectivity index (χ2v) is 7.95. The summed E-state index contributed by atoms with van der Waals surface area (Å²) in [5.41, 5.74) is 1.59. The van der Waals surface area contributed by atoms with E-state index in [2.05, 4.69) is 26.1 Å². The van der Waals surface area contributed by atoms with E-state index in [1.54, 1.807) is 0 Å². The molecule has 1 fully saturated rings. The maximum Gasteiger partial charge on any atom is 0.364 e. The van der Waals surface area contributed by atoms with Crippen LogP contribution in [0.25, 0.3) is 10.9 Å². The number of aliphatic hydroxyl groups is 1. The van der Waals surface area contributed by atoms with Crippen molar-refractivity contribution in [1.29, 1.82) is 0 Å². The monoisotopic (exact) mass is 358 g/mol. The van der Waals surface area contributed by atoms with Crippen molar-refractivity contribution in [1.82, 2.24) is 14.8 Å². The number of carboxylic acids is 1. The Kier molecular flexibility index (Phi) is 5.01. The Balaban J connectivity index is 2.20. The van der Waals surface area contributed by atoms with Crippen molar-refractivity contribution >= 4 is 22.7 Å². The van der Waals surface area contributed by atoms with Crippen molar-refractivity contribution in [2.75, 3.05) is 26.2 Å². The summed E-state index contributed by atoms with van der Waals surface area (Å²) < 4.78 is 0.315. The first kappa shape index (κ1) is 18.8. The minimum absolute atomic E-state index is 0.0929. The van der Waals surface area contributed by atoms with Crippen LogP contribution in [0.1, 0.15) is 26.3 Å². The largest absolute Gasteiger partial charge is 0.477 e. The van der Waals surface area contributed by atoms with Gasteiger partial charge in [-0.05, 0) is 44.9 Å². The van der Waals surface area contributed by atoms with Crippen LogP contribution in [-0.4, -0.2) is 59.0 Å². The van der Waals surface area contributed by atoms with Gasteiger partial charge in [-0.2, -0.15) is 4.98 Å². The lowest BCUT2D eigenvalue weighted by molar-refractivity contribution is -0.146. The van der Waals surface area contributed by atoms with Gasteiger partial charge in [0.05, 0.1) is 24.1 Å². The molecule has 6 nitrogen and oxygen atoms in total. The van der Waals surface area contributed by atoms with Gasteiger partial charge in [0.1, 0.15) is 0 Å². The fourth-order valence-corrected chi connectivity index (χ4v) is 4.27. The maximum absolute atomic E-state index is 12.1. The number of pyridine rings is 1. The zero-order valence-electron chi connectivity index (χ0n) is 15.7. The molecular weight excluding hydrogens is 330 g/mol. The van der Waals surface area contributed by atoms with Gasteiger partial charge in [0.2, 0.25) is 11.9 Å². The number of aromatic nitrogens is 1. The highest BCUT2D eigenvalue weighted by atomic mass is 16.4. The van der Waals surface area contributed by atoms with Crippen LogP contribution in [0.5, 0.6) is 0 Å². The highest BCUT2D eigenvalue weighted by Gasteiger charge is 2.54. The molecule has 1 aliphatic heterocycles. The third-order valence-electron chi connectivity index (χ3n) is 5.59. The summed E-state index contributed by atoms with van der Waals surface area (Å²) >= 11 is 0. The topological polar surface area (TPSA) is 82.5 Å². The van der Waals surface area contributed by atoms with Gasteiger partial charge in [0.25, 0.3) is 0 Å². The number of piperazine rings is 1. The molecule has 0 radical (unpaired) electrons. The fraction of sp³-hybridized carbons (Fsp3) is 0.500. The van der Waals surface area contributed by atoms with Gasteiger partial charge in [-0.3, -0.25) is 4.48 Å². The molecule has 3 rings (SSSR count). The number of quaternary nitrogens is 1. The minimum Gasteiger partial charge on any atom is -0.477 e. The first-order valence-electron chi connectivity index (χ1n) is 9.13. The van der Waals surface area contributed by atoms with Crippen molar-refractivity contribution in [3.8, 4) is 0 Å². The molecule has 6 heteroatoms. The van der Waals surface area contributed by atoms with E-state index < -0.39 is 12.0 Å². The minimum atomic E-state index is -0.803. The average Bonchev–Trinajstić information content (AvgIpc) is 2.60. The second kappa shape index (κ2) is 6.95. The third kappa shape index (κ3) is 2.98. The van der Waals surface area contributed by atoms with Crippen molar-refractivity contribution in [3.05, 3.63) is 35.9 Å². The van der Waals surface area contributed by atoms with E-state index >= 15 is 0 Å². The summed E-state index contributed by atoms with van der Waals surface area (Å²) in [6.07, 6.45) is 0.583. The number of aliphatic carboxylic acids is 1. The van der Waals surface area contributed by atoms with Crippen LogP contribution in [0, 0.1) is 0 Å². The molecule has 2 unspecified atom stereocenters. The van der Waals surface area contributed by atoms with Crippen LogP contribution < -0.4 is 9.80 Å². The molecule has 1 aromatic heterocycles. The van der Waals surface area contributed by atoms with Crippen LogP contribution in [0.15, 0.2) is 30.3 Å². The first-order valence-corrected chi connectivity index (χ1v) is 9.13. The number of aliphatic hydroxyl groups excluding tert-OH is 1. The van der Waals surface area contributed by atoms with Gasteiger partial charge in [-0.1, -0.05) is 12.1 Å². The average molecular weight is 358 g/mol. The Labute approximate surface area is 154 Å². The molecule has 2 atom stereocenters. The smallest absolute Gasteiger partial charge is 0.364 e. The van der Waals surface area contributed by atoms with E-state index in [1.165, 1.54) is 0 Å². The standard InChI is InChI=1S/C20H27N3O3/c1-20(2,3)23(11-10-21-13-17(23)19(25)26)18-8-7-15-14(9-12-24)5-4-6-16(15)22-18/h4-8,17,21,24H,9-13H2,1-3H3/p+1. The molecule has 0 saturated carbocycles. The molecule has 1 aromatic carbocycles. The third-order valence-corrected chi connectivity index (χ3v) is 5.59. The molecule has 0 spiro atoms. The van der Waals surface area contributed by atoms with Crippen LogP contribution in [0.2, 0.25) is 0 Å². The number of hydrogen-bond acceptors (Lipinski definition) is 4. The quantitative estimate of drug-likeness (QED) is 0.728. The van der Waals surface area contributed by atoms with Gasteiger partial charge in [0, 0.05) is 24.6 Å². The second-order valence-electron chi connectivity index (χ2n) is 7.95. The van der Waals surface area contributed by atoms with Gasteiger partial charge < -0.3 is 15.5 Å². The number of benzene rings is 1. The molecule has 2 heterocycles. The normalized spacial score (nSPS) is 23.9. The van der Waals surface area contributed by atoms with Gasteiger partial charge in [-0.15, -0.1) is 0 Å². The van der Waals surface area contributed by atoms with E-state index in [0.717, 1.165) is 28.8 Å². The first-order chi connectivity index (χ1) is 12.3. The van der Waals surface area contributed by atoms with Crippen LogP contribution in [-0.2, 0) is 11.2 Å². The summed E-state index contributed by atoms with van der Waals surface area (Å²) in [4.78, 5) is 17.0. The number of fused-ring (bicyclic) bond motifs is 1. The molecule has 1 aliphatic rings. The maximum atomic E-state index is 12.1. The zero-order chi connectivity index (χ0) is 18.9. The lowest BCUT2D eigenvalue weighted by atomic mass is 9.93. The molecule has 3 N–H and O–H groups in total. The highest BCUT2D eigenvalue weighted by Crippen LogP contribution is 2.37. The molecule has 0 amide bonds. The van der Waals surface area contributed by atoms with E-state index in [4.69, 9.17) is 4.98 Å². The molecule has 0 bridgehead atoms. The predicted molar refractivity (Wildman–Crippen MR) is 103 cm³/mol. The van der Waals surface area contributed by atoms with E-state index in [0.29, 0.717) is 24.0 Å². The van der Waals surface area contributed by atoms with Crippen LogP contribution >= 0.6 is 0 Å². The highest BCUT2D eigenvalue weighted by molar-refractivity contribution is 5.84. The Morgan fingerprint density at radius 2 is 2.08 bits per heavy atom. The number of nitrogens with zero attached hydrogens (tertiary/aromatic N) is 2. The number of hydrogen-bond donors (Lipinski definition) is 3. The van der Waals surface area contributed by atoms with Gasteiger partial charge in [-0.25, -0.2) is 4.79 Å². The number of carboxylic acid groups (broad SMARTS) is 1. The van der Waals surface area contributed by atoms with E-state index in [1.807, 2.05) is 30.3 Å². The zero-order valence-corrected chi connectivity index (χ0v) is 15.7. The fourth-order valence-electron chi connectivity index (χ4n) is 4.27. The molecule has 26 heavy (non-hydrogen) atoms. The van der Waals surface area contributed by atoms with Gasteiger partial charge >= 0.3 is 5.97 Å². The molecule has 140 valence electrons. The molecule has 2 aromatic rings. The van der Waals surface area contributed by atoms with Gasteiger partial charge in [0.15, 0.2) is 0 Å². The van der Waals surface area contributed by atoms with Crippen LogP contribution in [0.3, 0.4) is 0 Å².